The van der Waals surface area contributed by atoms with Crippen LogP contribution in [0.25, 0.3) is 5.57 Å². The summed E-state index contributed by atoms with van der Waals surface area (Å²) in [5.74, 6) is 0. The Kier molecular flexibility index (Phi) is 3.09. The molecule has 1 aliphatic rings. The Morgan fingerprint density at radius 1 is 0.833 bits per heavy atom. The van der Waals surface area contributed by atoms with Gasteiger partial charge in [0.05, 0.1) is 0 Å². The Balaban J connectivity index is 2.07. The lowest BCUT2D eigenvalue weighted by atomic mass is 9.96. The zero-order chi connectivity index (χ0) is 12.5. The lowest BCUT2D eigenvalue weighted by Gasteiger charge is -2.09. The Bertz CT molecular complexity index is 535. The lowest BCUT2D eigenvalue weighted by molar-refractivity contribution is 1.44. The minimum atomic E-state index is 1.13. The molecule has 0 bridgehead atoms. The van der Waals surface area contributed by atoms with Crippen molar-refractivity contribution in [1.82, 2.24) is 0 Å². The van der Waals surface area contributed by atoms with Gasteiger partial charge in [-0.2, -0.15) is 0 Å². The predicted octanol–water partition coefficient (Wildman–Crippen LogP) is 5.35. The van der Waals surface area contributed by atoms with Crippen LogP contribution < -0.4 is 0 Å². The molecule has 0 aliphatic heterocycles. The molecule has 0 saturated heterocycles. The van der Waals surface area contributed by atoms with E-state index in [-0.39, 0.29) is 0 Å². The van der Waals surface area contributed by atoms with Gasteiger partial charge in [0.15, 0.2) is 0 Å². The molecule has 2 aromatic carbocycles. The fourth-order valence-corrected chi connectivity index (χ4v) is 2.49. The van der Waals surface area contributed by atoms with Gasteiger partial charge in [0.1, 0.15) is 0 Å². The fourth-order valence-electron chi connectivity index (χ4n) is 2.22. The highest BCUT2D eigenvalue weighted by molar-refractivity contribution is 9.10. The maximum atomic E-state index is 3.50. The molecule has 0 radical (unpaired) electrons. The molecular weight excluding hydrogens is 284 g/mol. The topological polar surface area (TPSA) is 0 Å². The molecule has 1 heteroatoms. The third-order valence-corrected chi connectivity index (χ3v) is 3.86. The second kappa shape index (κ2) is 4.74. The van der Waals surface area contributed by atoms with Crippen LogP contribution in [0.3, 0.4) is 0 Å². The highest BCUT2D eigenvalue weighted by Gasteiger charge is 2.20. The molecule has 0 heterocycles. The average Bonchev–Trinajstić information content (AvgIpc) is 3.19. The molecule has 0 atom stereocenters. The maximum absolute atomic E-state index is 3.50. The molecule has 0 N–H and O–H groups in total. The molecule has 0 nitrogen and oxygen atoms in total. The Hall–Kier alpha value is -1.34. The SMILES string of the molecule is Cc1ccc(C(=C2CC2)c2ccc(Br)cc2)cc1. The summed E-state index contributed by atoms with van der Waals surface area (Å²) in [5.41, 5.74) is 7.00. The van der Waals surface area contributed by atoms with Crippen molar-refractivity contribution in [2.24, 2.45) is 0 Å². The van der Waals surface area contributed by atoms with E-state index < -0.39 is 0 Å². The van der Waals surface area contributed by atoms with E-state index in [1.54, 1.807) is 5.57 Å². The number of aryl methyl sites for hydroxylation is 1. The summed E-state index contributed by atoms with van der Waals surface area (Å²) in [6, 6.07) is 17.5. The first-order valence-electron chi connectivity index (χ1n) is 6.29. The first-order valence-corrected chi connectivity index (χ1v) is 7.08. The van der Waals surface area contributed by atoms with Gasteiger partial charge in [-0.1, -0.05) is 63.5 Å². The smallest absolute Gasteiger partial charge is 0.0175 e. The second-order valence-electron chi connectivity index (χ2n) is 4.85. The largest absolute Gasteiger partial charge is 0.0611 e. The molecule has 2 aromatic rings. The van der Waals surface area contributed by atoms with E-state index >= 15 is 0 Å². The molecule has 3 rings (SSSR count). The van der Waals surface area contributed by atoms with Crippen molar-refractivity contribution in [3.05, 3.63) is 75.3 Å². The number of benzene rings is 2. The summed E-state index contributed by atoms with van der Waals surface area (Å²) in [7, 11) is 0. The van der Waals surface area contributed by atoms with Gasteiger partial charge in [-0.25, -0.2) is 0 Å². The minimum absolute atomic E-state index is 1.13. The van der Waals surface area contributed by atoms with Crippen LogP contribution in [0, 0.1) is 6.92 Å². The molecule has 90 valence electrons. The highest BCUT2D eigenvalue weighted by Crippen LogP contribution is 2.40. The first kappa shape index (κ1) is 11.7. The summed E-state index contributed by atoms with van der Waals surface area (Å²) < 4.78 is 1.13. The summed E-state index contributed by atoms with van der Waals surface area (Å²) in [6.45, 7) is 2.13. The van der Waals surface area contributed by atoms with Gasteiger partial charge in [-0.3, -0.25) is 0 Å². The number of halogens is 1. The number of allylic oxidation sites excluding steroid dienone is 1. The lowest BCUT2D eigenvalue weighted by Crippen LogP contribution is -1.88. The van der Waals surface area contributed by atoms with Crippen molar-refractivity contribution < 1.29 is 0 Å². The average molecular weight is 299 g/mol. The van der Waals surface area contributed by atoms with Gasteiger partial charge in [0.25, 0.3) is 0 Å². The van der Waals surface area contributed by atoms with E-state index in [1.807, 2.05) is 0 Å². The quantitative estimate of drug-likeness (QED) is 0.701. The molecule has 1 fully saturated rings. The molecule has 0 amide bonds. The summed E-state index contributed by atoms with van der Waals surface area (Å²) in [6.07, 6.45) is 2.50. The van der Waals surface area contributed by atoms with E-state index in [9.17, 15) is 0 Å². The van der Waals surface area contributed by atoms with Crippen LogP contribution in [-0.4, -0.2) is 0 Å². The Morgan fingerprint density at radius 3 is 1.83 bits per heavy atom. The summed E-state index contributed by atoms with van der Waals surface area (Å²) >= 11 is 3.50. The highest BCUT2D eigenvalue weighted by atomic mass is 79.9. The van der Waals surface area contributed by atoms with Crippen LogP contribution >= 0.6 is 15.9 Å². The Labute approximate surface area is 116 Å². The Morgan fingerprint density at radius 2 is 1.33 bits per heavy atom. The molecule has 0 unspecified atom stereocenters. The van der Waals surface area contributed by atoms with Crippen molar-refractivity contribution >= 4 is 21.5 Å². The summed E-state index contributed by atoms with van der Waals surface area (Å²) in [5, 5.41) is 0. The van der Waals surface area contributed by atoms with Crippen LogP contribution in [-0.2, 0) is 0 Å². The monoisotopic (exact) mass is 298 g/mol. The van der Waals surface area contributed by atoms with E-state index in [4.69, 9.17) is 0 Å². The van der Waals surface area contributed by atoms with Gasteiger partial charge < -0.3 is 0 Å². The van der Waals surface area contributed by atoms with Crippen molar-refractivity contribution in [2.45, 2.75) is 19.8 Å². The maximum Gasteiger partial charge on any atom is 0.0175 e. The molecule has 1 aliphatic carbocycles. The third-order valence-electron chi connectivity index (χ3n) is 3.33. The fraction of sp³-hybridized carbons (Fsp3) is 0.176. The van der Waals surface area contributed by atoms with Crippen molar-refractivity contribution in [3.8, 4) is 0 Å². The molecule has 0 spiro atoms. The summed E-state index contributed by atoms with van der Waals surface area (Å²) in [4.78, 5) is 0. The normalized spacial score (nSPS) is 13.6. The molecule has 18 heavy (non-hydrogen) atoms. The van der Waals surface area contributed by atoms with Gasteiger partial charge in [-0.15, -0.1) is 0 Å². The zero-order valence-corrected chi connectivity index (χ0v) is 12.0. The second-order valence-corrected chi connectivity index (χ2v) is 5.77. The molecule has 1 saturated carbocycles. The van der Waals surface area contributed by atoms with E-state index in [2.05, 4.69) is 71.4 Å². The van der Waals surface area contributed by atoms with Crippen LogP contribution in [0.2, 0.25) is 0 Å². The van der Waals surface area contributed by atoms with Crippen LogP contribution in [0.4, 0.5) is 0 Å². The van der Waals surface area contributed by atoms with E-state index in [0.717, 1.165) is 4.47 Å². The molecule has 0 aromatic heterocycles. The third kappa shape index (κ3) is 2.41. The van der Waals surface area contributed by atoms with Gasteiger partial charge in [-0.05, 0) is 48.6 Å². The first-order chi connectivity index (χ1) is 8.74. The van der Waals surface area contributed by atoms with E-state index in [0.29, 0.717) is 0 Å². The van der Waals surface area contributed by atoms with Crippen LogP contribution in [0.5, 0.6) is 0 Å². The number of hydrogen-bond acceptors (Lipinski definition) is 0. The van der Waals surface area contributed by atoms with Crippen LogP contribution in [0.15, 0.2) is 58.6 Å². The van der Waals surface area contributed by atoms with E-state index in [1.165, 1.54) is 35.1 Å². The van der Waals surface area contributed by atoms with Crippen LogP contribution in [0.1, 0.15) is 29.5 Å². The number of hydrogen-bond donors (Lipinski definition) is 0. The standard InChI is InChI=1S/C17H15Br/c1-12-2-4-13(5-3-12)17(14-6-7-14)15-8-10-16(18)11-9-15/h2-5,8-11H,6-7H2,1H3. The van der Waals surface area contributed by atoms with Gasteiger partial charge >= 0.3 is 0 Å². The zero-order valence-electron chi connectivity index (χ0n) is 10.4. The minimum Gasteiger partial charge on any atom is -0.0611 e. The van der Waals surface area contributed by atoms with Crippen molar-refractivity contribution in [1.29, 1.82) is 0 Å². The molecular formula is C17H15Br. The predicted molar refractivity (Wildman–Crippen MR) is 80.6 cm³/mol. The van der Waals surface area contributed by atoms with Crippen molar-refractivity contribution in [3.63, 3.8) is 0 Å². The van der Waals surface area contributed by atoms with Gasteiger partial charge in [0, 0.05) is 4.47 Å². The number of rotatable bonds is 2. The van der Waals surface area contributed by atoms with Gasteiger partial charge in [0.2, 0.25) is 0 Å². The van der Waals surface area contributed by atoms with Crippen molar-refractivity contribution in [2.75, 3.05) is 0 Å².